The highest BCUT2D eigenvalue weighted by molar-refractivity contribution is 7.99. The number of ether oxygens (including phenoxy) is 1. The fraction of sp³-hybridized carbons (Fsp3) is 0.235. The molecule has 0 radical (unpaired) electrons. The van der Waals surface area contributed by atoms with Crippen LogP contribution in [0.5, 0.6) is 5.75 Å². The number of rotatable bonds is 7. The molecular weight excluding hydrogens is 318 g/mol. The third-order valence-corrected chi connectivity index (χ3v) is 4.31. The van der Waals surface area contributed by atoms with Crippen molar-refractivity contribution in [3.63, 3.8) is 0 Å². The van der Waals surface area contributed by atoms with Gasteiger partial charge in [0, 0.05) is 22.1 Å². The third-order valence-electron chi connectivity index (χ3n) is 3.05. The largest absolute Gasteiger partial charge is 0.497 e. The van der Waals surface area contributed by atoms with Gasteiger partial charge in [-0.05, 0) is 29.8 Å². The Labute approximate surface area is 140 Å². The molecule has 0 N–H and O–H groups in total. The van der Waals surface area contributed by atoms with E-state index < -0.39 is 0 Å². The summed E-state index contributed by atoms with van der Waals surface area (Å²) in [6.07, 6.45) is 0. The minimum absolute atomic E-state index is 0.714. The number of halogens is 1. The van der Waals surface area contributed by atoms with Gasteiger partial charge in [0.2, 0.25) is 0 Å². The highest BCUT2D eigenvalue weighted by Gasteiger charge is 2.06. The molecular formula is C17H18ClNO2S. The van der Waals surface area contributed by atoms with Gasteiger partial charge >= 0.3 is 0 Å². The van der Waals surface area contributed by atoms with Crippen LogP contribution < -0.4 is 4.74 Å². The maximum absolute atomic E-state index is 5.92. The maximum Gasteiger partial charge on any atom is 0.118 e. The molecule has 2 aromatic rings. The lowest BCUT2D eigenvalue weighted by Crippen LogP contribution is -2.05. The van der Waals surface area contributed by atoms with Gasteiger partial charge in [-0.25, -0.2) is 0 Å². The van der Waals surface area contributed by atoms with E-state index in [1.165, 1.54) is 5.56 Å². The lowest BCUT2D eigenvalue weighted by Gasteiger charge is -2.07. The standard InChI is InChI=1S/C17H18ClNO2S/c1-20-16-9-3-13(4-10-16)11-22-12-17(19-21-2)14-5-7-15(18)8-6-14/h3-10H,11-12H2,1-2H3. The SMILES string of the molecule is CON=C(CSCc1ccc(OC)cc1)c1ccc(Cl)cc1. The number of oxime groups is 1. The number of hydrogen-bond donors (Lipinski definition) is 0. The van der Waals surface area contributed by atoms with Crippen LogP contribution in [-0.4, -0.2) is 25.7 Å². The van der Waals surface area contributed by atoms with Crippen LogP contribution in [0.2, 0.25) is 5.02 Å². The van der Waals surface area contributed by atoms with Gasteiger partial charge in [-0.15, -0.1) is 0 Å². The maximum atomic E-state index is 5.92. The Morgan fingerprint density at radius 2 is 1.73 bits per heavy atom. The third kappa shape index (κ3) is 4.97. The Balaban J connectivity index is 1.94. The van der Waals surface area contributed by atoms with E-state index in [9.17, 15) is 0 Å². The molecule has 116 valence electrons. The van der Waals surface area contributed by atoms with Crippen LogP contribution in [0.15, 0.2) is 53.7 Å². The predicted molar refractivity (Wildman–Crippen MR) is 94.2 cm³/mol. The summed E-state index contributed by atoms with van der Waals surface area (Å²) >= 11 is 7.70. The molecule has 5 heteroatoms. The van der Waals surface area contributed by atoms with Crippen LogP contribution in [0.4, 0.5) is 0 Å². The molecule has 3 nitrogen and oxygen atoms in total. The van der Waals surface area contributed by atoms with Crippen LogP contribution in [0.25, 0.3) is 0 Å². The fourth-order valence-electron chi connectivity index (χ4n) is 1.90. The molecule has 0 heterocycles. The molecule has 0 spiro atoms. The molecule has 22 heavy (non-hydrogen) atoms. The Morgan fingerprint density at radius 1 is 1.05 bits per heavy atom. The number of thioether (sulfide) groups is 1. The van der Waals surface area contributed by atoms with E-state index in [-0.39, 0.29) is 0 Å². The van der Waals surface area contributed by atoms with Crippen molar-refractivity contribution in [2.24, 2.45) is 5.16 Å². The van der Waals surface area contributed by atoms with Crippen molar-refractivity contribution in [1.29, 1.82) is 0 Å². The molecule has 0 saturated carbocycles. The van der Waals surface area contributed by atoms with Crippen LogP contribution in [0.3, 0.4) is 0 Å². The van der Waals surface area contributed by atoms with E-state index in [1.807, 2.05) is 36.4 Å². The molecule has 0 unspecified atom stereocenters. The van der Waals surface area contributed by atoms with Gasteiger partial charge in [0.1, 0.15) is 12.9 Å². The second-order valence-electron chi connectivity index (χ2n) is 4.57. The quantitative estimate of drug-likeness (QED) is 0.546. The molecule has 0 aromatic heterocycles. The highest BCUT2D eigenvalue weighted by Crippen LogP contribution is 2.19. The first-order valence-corrected chi connectivity index (χ1v) is 8.33. The molecule has 0 bridgehead atoms. The van der Waals surface area contributed by atoms with Crippen LogP contribution in [0, 0.1) is 0 Å². The zero-order valence-corrected chi connectivity index (χ0v) is 14.2. The molecule has 0 aliphatic carbocycles. The molecule has 0 amide bonds. The predicted octanol–water partition coefficient (Wildman–Crippen LogP) is 4.63. The lowest BCUT2D eigenvalue weighted by molar-refractivity contribution is 0.213. The zero-order valence-electron chi connectivity index (χ0n) is 12.6. The lowest BCUT2D eigenvalue weighted by atomic mass is 10.1. The fourth-order valence-corrected chi connectivity index (χ4v) is 2.97. The summed E-state index contributed by atoms with van der Waals surface area (Å²) in [5, 5.41) is 4.83. The van der Waals surface area contributed by atoms with Gasteiger partial charge in [-0.2, -0.15) is 11.8 Å². The molecule has 2 aromatic carbocycles. The summed E-state index contributed by atoms with van der Waals surface area (Å²) in [4.78, 5) is 4.95. The first-order chi connectivity index (χ1) is 10.7. The van der Waals surface area contributed by atoms with E-state index in [0.717, 1.165) is 28.5 Å². The van der Waals surface area contributed by atoms with Crippen molar-refractivity contribution in [3.05, 3.63) is 64.7 Å². The summed E-state index contributed by atoms with van der Waals surface area (Å²) in [5.74, 6) is 2.54. The highest BCUT2D eigenvalue weighted by atomic mass is 35.5. The van der Waals surface area contributed by atoms with Gasteiger partial charge in [0.05, 0.1) is 12.8 Å². The molecule has 0 saturated heterocycles. The van der Waals surface area contributed by atoms with Crippen LogP contribution >= 0.6 is 23.4 Å². The average Bonchev–Trinajstić information content (AvgIpc) is 2.55. The Hall–Kier alpha value is -1.65. The van der Waals surface area contributed by atoms with Gasteiger partial charge < -0.3 is 9.57 Å². The summed E-state index contributed by atoms with van der Waals surface area (Å²) < 4.78 is 5.16. The van der Waals surface area contributed by atoms with Crippen molar-refractivity contribution < 1.29 is 9.57 Å². The van der Waals surface area contributed by atoms with E-state index in [0.29, 0.717) is 5.02 Å². The molecule has 0 atom stereocenters. The summed E-state index contributed by atoms with van der Waals surface area (Å²) in [6.45, 7) is 0. The van der Waals surface area contributed by atoms with Crippen molar-refractivity contribution in [1.82, 2.24) is 0 Å². The van der Waals surface area contributed by atoms with E-state index in [4.69, 9.17) is 21.2 Å². The number of hydrogen-bond acceptors (Lipinski definition) is 4. The van der Waals surface area contributed by atoms with Gasteiger partial charge in [0.15, 0.2) is 0 Å². The summed E-state index contributed by atoms with van der Waals surface area (Å²) in [5.41, 5.74) is 3.17. The topological polar surface area (TPSA) is 30.8 Å². The summed E-state index contributed by atoms with van der Waals surface area (Å²) in [7, 11) is 3.23. The Kier molecular flexibility index (Phi) is 6.62. The Bertz CT molecular complexity index is 612. The van der Waals surface area contributed by atoms with E-state index in [1.54, 1.807) is 26.0 Å². The number of methoxy groups -OCH3 is 1. The van der Waals surface area contributed by atoms with Crippen molar-refractivity contribution >= 4 is 29.1 Å². The van der Waals surface area contributed by atoms with Gasteiger partial charge in [0.25, 0.3) is 0 Å². The second kappa shape index (κ2) is 8.71. The second-order valence-corrected chi connectivity index (χ2v) is 5.99. The van der Waals surface area contributed by atoms with Crippen molar-refractivity contribution in [2.45, 2.75) is 5.75 Å². The minimum Gasteiger partial charge on any atom is -0.497 e. The summed E-state index contributed by atoms with van der Waals surface area (Å²) in [6, 6.07) is 15.7. The molecule has 0 fully saturated rings. The van der Waals surface area contributed by atoms with Crippen molar-refractivity contribution in [3.8, 4) is 5.75 Å². The average molecular weight is 336 g/mol. The smallest absolute Gasteiger partial charge is 0.118 e. The van der Waals surface area contributed by atoms with Gasteiger partial charge in [-0.1, -0.05) is 41.0 Å². The van der Waals surface area contributed by atoms with Crippen LogP contribution in [0.1, 0.15) is 11.1 Å². The molecule has 0 aliphatic heterocycles. The first-order valence-electron chi connectivity index (χ1n) is 6.79. The number of nitrogens with zero attached hydrogens (tertiary/aromatic N) is 1. The van der Waals surface area contributed by atoms with E-state index in [2.05, 4.69) is 17.3 Å². The molecule has 2 rings (SSSR count). The number of benzene rings is 2. The first kappa shape index (κ1) is 16.7. The monoisotopic (exact) mass is 335 g/mol. The van der Waals surface area contributed by atoms with Crippen molar-refractivity contribution in [2.75, 3.05) is 20.0 Å². The normalized spacial score (nSPS) is 11.3. The van der Waals surface area contributed by atoms with E-state index >= 15 is 0 Å². The van der Waals surface area contributed by atoms with Crippen LogP contribution in [-0.2, 0) is 10.6 Å². The van der Waals surface area contributed by atoms with Gasteiger partial charge in [-0.3, -0.25) is 0 Å². The Morgan fingerprint density at radius 3 is 2.32 bits per heavy atom. The zero-order chi connectivity index (χ0) is 15.8. The minimum atomic E-state index is 0.714. The molecule has 0 aliphatic rings.